The Kier molecular flexibility index (Phi) is 2.02. The fourth-order valence-corrected chi connectivity index (χ4v) is 1.51. The zero-order chi connectivity index (χ0) is 10.1. The molecule has 14 heavy (non-hydrogen) atoms. The molecule has 0 aliphatic heterocycles. The van der Waals surface area contributed by atoms with E-state index in [0.29, 0.717) is 5.69 Å². The molecule has 1 aromatic carbocycles. The van der Waals surface area contributed by atoms with Crippen molar-refractivity contribution in [2.24, 2.45) is 5.73 Å². The van der Waals surface area contributed by atoms with Gasteiger partial charge in [0.15, 0.2) is 0 Å². The second kappa shape index (κ2) is 3.20. The van der Waals surface area contributed by atoms with Gasteiger partial charge in [0, 0.05) is 10.9 Å². The number of hydrogen-bond donors (Lipinski definition) is 3. The van der Waals surface area contributed by atoms with Gasteiger partial charge >= 0.3 is 0 Å². The van der Waals surface area contributed by atoms with Gasteiger partial charge in [0.1, 0.15) is 5.75 Å². The zero-order valence-corrected chi connectivity index (χ0v) is 7.70. The molecule has 0 spiro atoms. The average molecular weight is 188 g/mol. The maximum Gasteiger partial charge on any atom is 0.146 e. The van der Waals surface area contributed by atoms with Gasteiger partial charge in [-0.15, -0.1) is 6.58 Å². The molecule has 3 heteroatoms. The summed E-state index contributed by atoms with van der Waals surface area (Å²) in [7, 11) is 0. The van der Waals surface area contributed by atoms with E-state index in [1.54, 1.807) is 6.08 Å². The van der Waals surface area contributed by atoms with Gasteiger partial charge in [-0.05, 0) is 12.1 Å². The van der Waals surface area contributed by atoms with Crippen molar-refractivity contribution in [1.29, 1.82) is 0 Å². The topological polar surface area (TPSA) is 62.0 Å². The van der Waals surface area contributed by atoms with Crippen LogP contribution in [-0.4, -0.2) is 10.1 Å². The summed E-state index contributed by atoms with van der Waals surface area (Å²) in [5.74, 6) is 0.216. The Bertz CT molecular complexity index is 473. The van der Waals surface area contributed by atoms with Crippen molar-refractivity contribution in [3.8, 4) is 5.75 Å². The third-order valence-corrected chi connectivity index (χ3v) is 2.29. The van der Waals surface area contributed by atoms with Crippen molar-refractivity contribution in [2.45, 2.75) is 6.04 Å². The van der Waals surface area contributed by atoms with Crippen molar-refractivity contribution < 1.29 is 5.11 Å². The first-order valence-corrected chi connectivity index (χ1v) is 4.41. The molecule has 2 rings (SSSR count). The van der Waals surface area contributed by atoms with Crippen LogP contribution in [0.15, 0.2) is 36.9 Å². The van der Waals surface area contributed by atoms with Gasteiger partial charge in [-0.3, -0.25) is 0 Å². The minimum atomic E-state index is -0.359. The molecule has 0 fully saturated rings. The smallest absolute Gasteiger partial charge is 0.146 e. The molecule has 72 valence electrons. The van der Waals surface area contributed by atoms with E-state index in [-0.39, 0.29) is 11.8 Å². The summed E-state index contributed by atoms with van der Waals surface area (Å²) >= 11 is 0. The zero-order valence-electron chi connectivity index (χ0n) is 7.70. The molecule has 0 bridgehead atoms. The first-order valence-electron chi connectivity index (χ1n) is 4.41. The number of rotatable bonds is 2. The van der Waals surface area contributed by atoms with E-state index < -0.39 is 0 Å². The molecular formula is C11H12N2O. The van der Waals surface area contributed by atoms with Crippen molar-refractivity contribution >= 4 is 10.9 Å². The molecule has 0 amide bonds. The Hall–Kier alpha value is -1.74. The van der Waals surface area contributed by atoms with Gasteiger partial charge in [-0.1, -0.05) is 18.2 Å². The summed E-state index contributed by atoms with van der Waals surface area (Å²) in [5.41, 5.74) is 7.25. The standard InChI is InChI=1S/C11H12N2O/c1-2-8(12)10-11(14)7-5-3-4-6-9(7)13-10/h2-6,8,13-14H,1,12H2. The Balaban J connectivity index is 2.68. The van der Waals surface area contributed by atoms with Gasteiger partial charge in [0.25, 0.3) is 0 Å². The lowest BCUT2D eigenvalue weighted by Gasteiger charge is -2.02. The van der Waals surface area contributed by atoms with Crippen molar-refractivity contribution in [2.75, 3.05) is 0 Å². The molecule has 3 nitrogen and oxygen atoms in total. The van der Waals surface area contributed by atoms with Crippen LogP contribution in [0, 0.1) is 0 Å². The van der Waals surface area contributed by atoms with E-state index in [4.69, 9.17) is 5.73 Å². The summed E-state index contributed by atoms with van der Waals surface area (Å²) in [6.45, 7) is 3.59. The molecule has 0 aliphatic carbocycles. The van der Waals surface area contributed by atoms with Crippen LogP contribution in [0.3, 0.4) is 0 Å². The van der Waals surface area contributed by atoms with Gasteiger partial charge in [0.05, 0.1) is 11.7 Å². The molecule has 0 saturated heterocycles. The van der Waals surface area contributed by atoms with Crippen LogP contribution in [0.5, 0.6) is 5.75 Å². The minimum Gasteiger partial charge on any atom is -0.505 e. The predicted molar refractivity (Wildman–Crippen MR) is 57.1 cm³/mol. The molecule has 1 aromatic heterocycles. The van der Waals surface area contributed by atoms with Crippen LogP contribution in [-0.2, 0) is 0 Å². The summed E-state index contributed by atoms with van der Waals surface area (Å²) in [5, 5.41) is 10.6. The highest BCUT2D eigenvalue weighted by Gasteiger charge is 2.13. The number of hydrogen-bond acceptors (Lipinski definition) is 2. The predicted octanol–water partition coefficient (Wildman–Crippen LogP) is 2.06. The molecule has 0 radical (unpaired) electrons. The number of para-hydroxylation sites is 1. The average Bonchev–Trinajstić information content (AvgIpc) is 2.56. The number of nitrogens with two attached hydrogens (primary N) is 1. The summed E-state index contributed by atoms with van der Waals surface area (Å²) < 4.78 is 0. The van der Waals surface area contributed by atoms with Crippen LogP contribution in [0.1, 0.15) is 11.7 Å². The van der Waals surface area contributed by atoms with E-state index >= 15 is 0 Å². The molecule has 1 atom stereocenters. The number of H-pyrrole nitrogens is 1. The fraction of sp³-hybridized carbons (Fsp3) is 0.0909. The number of nitrogens with one attached hydrogen (secondary N) is 1. The second-order valence-corrected chi connectivity index (χ2v) is 3.19. The first kappa shape index (κ1) is 8.84. The number of benzene rings is 1. The van der Waals surface area contributed by atoms with E-state index in [9.17, 15) is 5.11 Å². The Morgan fingerprint density at radius 1 is 1.43 bits per heavy atom. The molecule has 1 unspecified atom stereocenters. The largest absolute Gasteiger partial charge is 0.505 e. The van der Waals surface area contributed by atoms with Crippen molar-refractivity contribution in [3.05, 3.63) is 42.6 Å². The molecular weight excluding hydrogens is 176 g/mol. The van der Waals surface area contributed by atoms with Gasteiger partial charge in [-0.2, -0.15) is 0 Å². The van der Waals surface area contributed by atoms with Crippen molar-refractivity contribution in [3.63, 3.8) is 0 Å². The quantitative estimate of drug-likeness (QED) is 0.632. The van der Waals surface area contributed by atoms with Crippen LogP contribution >= 0.6 is 0 Å². The highest BCUT2D eigenvalue weighted by molar-refractivity contribution is 5.87. The lowest BCUT2D eigenvalue weighted by Crippen LogP contribution is -2.06. The highest BCUT2D eigenvalue weighted by Crippen LogP contribution is 2.31. The Labute approximate surface area is 81.9 Å². The van der Waals surface area contributed by atoms with E-state index in [1.165, 1.54) is 0 Å². The third kappa shape index (κ3) is 1.18. The van der Waals surface area contributed by atoms with Crippen LogP contribution < -0.4 is 5.73 Å². The highest BCUT2D eigenvalue weighted by atomic mass is 16.3. The van der Waals surface area contributed by atoms with E-state index in [1.807, 2.05) is 24.3 Å². The lowest BCUT2D eigenvalue weighted by atomic mass is 10.2. The third-order valence-electron chi connectivity index (χ3n) is 2.29. The maximum absolute atomic E-state index is 9.83. The van der Waals surface area contributed by atoms with E-state index in [2.05, 4.69) is 11.6 Å². The Morgan fingerprint density at radius 3 is 2.79 bits per heavy atom. The number of aromatic amines is 1. The van der Waals surface area contributed by atoms with Crippen molar-refractivity contribution in [1.82, 2.24) is 4.98 Å². The fourth-order valence-electron chi connectivity index (χ4n) is 1.51. The minimum absolute atomic E-state index is 0.216. The normalized spacial score (nSPS) is 12.9. The summed E-state index contributed by atoms with van der Waals surface area (Å²) in [6.07, 6.45) is 1.59. The van der Waals surface area contributed by atoms with Crippen LogP contribution in [0.2, 0.25) is 0 Å². The number of aromatic nitrogens is 1. The van der Waals surface area contributed by atoms with Crippen LogP contribution in [0.25, 0.3) is 10.9 Å². The number of fused-ring (bicyclic) bond motifs is 1. The van der Waals surface area contributed by atoms with Crippen LogP contribution in [0.4, 0.5) is 0 Å². The second-order valence-electron chi connectivity index (χ2n) is 3.19. The lowest BCUT2D eigenvalue weighted by molar-refractivity contribution is 0.471. The van der Waals surface area contributed by atoms with Gasteiger partial charge in [-0.25, -0.2) is 0 Å². The SMILES string of the molecule is C=CC(N)c1[nH]c2ccccc2c1O. The maximum atomic E-state index is 9.83. The molecule has 0 saturated carbocycles. The molecule has 4 N–H and O–H groups in total. The number of aromatic hydroxyl groups is 1. The first-order chi connectivity index (χ1) is 6.74. The van der Waals surface area contributed by atoms with Gasteiger partial charge in [0.2, 0.25) is 0 Å². The van der Waals surface area contributed by atoms with Gasteiger partial charge < -0.3 is 15.8 Å². The molecule has 2 aromatic rings. The van der Waals surface area contributed by atoms with E-state index in [0.717, 1.165) is 10.9 Å². The monoisotopic (exact) mass is 188 g/mol. The molecule has 1 heterocycles. The summed E-state index contributed by atoms with van der Waals surface area (Å²) in [6, 6.07) is 7.16. The Morgan fingerprint density at radius 2 is 2.14 bits per heavy atom. The molecule has 0 aliphatic rings. The summed E-state index contributed by atoms with van der Waals surface area (Å²) in [4.78, 5) is 3.07.